The van der Waals surface area contributed by atoms with Gasteiger partial charge in [-0.2, -0.15) is 13.2 Å². The lowest BCUT2D eigenvalue weighted by molar-refractivity contribution is -0.143. The summed E-state index contributed by atoms with van der Waals surface area (Å²) in [7, 11) is 0. The third kappa shape index (κ3) is 2.60. The fraction of sp³-hybridized carbons (Fsp3) is 0.389. The van der Waals surface area contributed by atoms with Gasteiger partial charge in [-0.1, -0.05) is 18.2 Å². The standard InChI is InChI=1S/C18H15F3N2O3/c19-18(20,21)11-2-1-3-12(7-11)22-13(24)8-23-16(25)14-9-4-5-10(6-9)15(14)17(23)26/h1-5,7,9-10,14-15H,6,8H2,(H,22,24)/t9-,10+,14+,15-. The van der Waals surface area contributed by atoms with Crippen LogP contribution in [0.1, 0.15) is 12.0 Å². The van der Waals surface area contributed by atoms with Gasteiger partial charge < -0.3 is 5.32 Å². The van der Waals surface area contributed by atoms with Crippen molar-refractivity contribution in [3.05, 3.63) is 42.0 Å². The van der Waals surface area contributed by atoms with E-state index < -0.39 is 36.0 Å². The average molecular weight is 364 g/mol. The Morgan fingerprint density at radius 3 is 2.31 bits per heavy atom. The fourth-order valence-corrected chi connectivity index (χ4v) is 4.24. The average Bonchev–Trinajstić information content (AvgIpc) is 3.24. The molecule has 8 heteroatoms. The second kappa shape index (κ2) is 5.69. The number of anilines is 1. The zero-order valence-corrected chi connectivity index (χ0v) is 13.5. The molecular formula is C18H15F3N2O3. The lowest BCUT2D eigenvalue weighted by Crippen LogP contribution is -2.39. The molecule has 0 unspecified atom stereocenters. The maximum absolute atomic E-state index is 12.7. The van der Waals surface area contributed by atoms with Crippen LogP contribution in [-0.2, 0) is 20.6 Å². The van der Waals surface area contributed by atoms with Crippen LogP contribution in [0.5, 0.6) is 0 Å². The summed E-state index contributed by atoms with van der Waals surface area (Å²) in [6, 6.07) is 4.20. The van der Waals surface area contributed by atoms with E-state index in [4.69, 9.17) is 0 Å². The summed E-state index contributed by atoms with van der Waals surface area (Å²) in [6.45, 7) is -0.486. The number of fused-ring (bicyclic) bond motifs is 5. The lowest BCUT2D eigenvalue weighted by atomic mass is 9.85. The molecule has 136 valence electrons. The molecule has 0 aromatic heterocycles. The number of nitrogens with one attached hydrogen (secondary N) is 1. The largest absolute Gasteiger partial charge is 0.416 e. The van der Waals surface area contributed by atoms with Gasteiger partial charge in [0.2, 0.25) is 17.7 Å². The second-order valence-electron chi connectivity index (χ2n) is 6.89. The van der Waals surface area contributed by atoms with Crippen LogP contribution in [-0.4, -0.2) is 29.2 Å². The van der Waals surface area contributed by atoms with Crippen molar-refractivity contribution >= 4 is 23.4 Å². The van der Waals surface area contributed by atoms with Gasteiger partial charge in [0.25, 0.3) is 0 Å². The molecule has 1 aliphatic heterocycles. The molecule has 2 bridgehead atoms. The van der Waals surface area contributed by atoms with Crippen molar-refractivity contribution in [3.8, 4) is 0 Å². The Labute approximate surface area is 146 Å². The molecule has 26 heavy (non-hydrogen) atoms. The number of hydrogen-bond donors (Lipinski definition) is 1. The maximum Gasteiger partial charge on any atom is 0.416 e. The Bertz CT molecular complexity index is 803. The molecule has 1 saturated heterocycles. The van der Waals surface area contributed by atoms with Gasteiger partial charge in [0, 0.05) is 5.69 Å². The van der Waals surface area contributed by atoms with Gasteiger partial charge in [-0.15, -0.1) is 0 Å². The highest BCUT2D eigenvalue weighted by Gasteiger charge is 2.59. The van der Waals surface area contributed by atoms with Crippen LogP contribution in [0.15, 0.2) is 36.4 Å². The molecule has 2 aliphatic carbocycles. The number of halogens is 3. The Morgan fingerprint density at radius 2 is 1.73 bits per heavy atom. The molecule has 1 aromatic carbocycles. The van der Waals surface area contributed by atoms with Crippen LogP contribution in [0.3, 0.4) is 0 Å². The van der Waals surface area contributed by atoms with Crippen LogP contribution in [0, 0.1) is 23.7 Å². The number of carbonyl (C=O) groups is 3. The quantitative estimate of drug-likeness (QED) is 0.662. The summed E-state index contributed by atoms with van der Waals surface area (Å²) in [6.07, 6.45) is 0.162. The fourth-order valence-electron chi connectivity index (χ4n) is 4.24. The summed E-state index contributed by atoms with van der Waals surface area (Å²) >= 11 is 0. The number of allylic oxidation sites excluding steroid dienone is 2. The number of imide groups is 1. The SMILES string of the molecule is O=C(CN1C(=O)[C@@H]2[C@H](C1=O)[C@H]1C=C[C@@H]2C1)Nc1cccc(C(F)(F)F)c1. The van der Waals surface area contributed by atoms with E-state index in [0.717, 1.165) is 23.5 Å². The van der Waals surface area contributed by atoms with Crippen LogP contribution in [0.2, 0.25) is 0 Å². The Balaban J connectivity index is 1.45. The minimum atomic E-state index is -4.52. The van der Waals surface area contributed by atoms with Gasteiger partial charge >= 0.3 is 6.18 Å². The molecule has 1 saturated carbocycles. The second-order valence-corrected chi connectivity index (χ2v) is 6.89. The first-order valence-corrected chi connectivity index (χ1v) is 8.26. The maximum atomic E-state index is 12.7. The first kappa shape index (κ1) is 16.8. The molecule has 4 atom stereocenters. The number of hydrogen-bond acceptors (Lipinski definition) is 3. The van der Waals surface area contributed by atoms with Gasteiger partial charge in [0.05, 0.1) is 17.4 Å². The molecule has 5 nitrogen and oxygen atoms in total. The summed E-state index contributed by atoms with van der Waals surface area (Å²) in [5, 5.41) is 2.33. The molecule has 1 aromatic rings. The van der Waals surface area contributed by atoms with E-state index in [9.17, 15) is 27.6 Å². The van der Waals surface area contributed by atoms with Crippen molar-refractivity contribution in [2.75, 3.05) is 11.9 Å². The zero-order valence-electron chi connectivity index (χ0n) is 13.5. The number of rotatable bonds is 3. The topological polar surface area (TPSA) is 66.5 Å². The number of amides is 3. The summed E-state index contributed by atoms with van der Waals surface area (Å²) in [5.74, 6) is -2.16. The highest BCUT2D eigenvalue weighted by molar-refractivity contribution is 6.09. The van der Waals surface area contributed by atoms with E-state index in [1.165, 1.54) is 12.1 Å². The van der Waals surface area contributed by atoms with E-state index in [0.29, 0.717) is 0 Å². The van der Waals surface area contributed by atoms with Crippen molar-refractivity contribution in [2.24, 2.45) is 23.7 Å². The van der Waals surface area contributed by atoms with Crippen molar-refractivity contribution in [3.63, 3.8) is 0 Å². The highest BCUT2D eigenvalue weighted by atomic mass is 19.4. The van der Waals surface area contributed by atoms with Crippen LogP contribution in [0.4, 0.5) is 18.9 Å². The van der Waals surface area contributed by atoms with Gasteiger partial charge in [-0.3, -0.25) is 19.3 Å². The molecule has 4 rings (SSSR count). The number of likely N-dealkylation sites (tertiary alicyclic amines) is 1. The molecule has 2 fully saturated rings. The Morgan fingerprint density at radius 1 is 1.12 bits per heavy atom. The first-order valence-electron chi connectivity index (χ1n) is 8.26. The van der Waals surface area contributed by atoms with Crippen LogP contribution in [0.25, 0.3) is 0 Å². The predicted molar refractivity (Wildman–Crippen MR) is 84.5 cm³/mol. The van der Waals surface area contributed by atoms with E-state index in [-0.39, 0.29) is 29.3 Å². The molecule has 0 spiro atoms. The monoisotopic (exact) mass is 364 g/mol. The van der Waals surface area contributed by atoms with E-state index >= 15 is 0 Å². The molecule has 1 heterocycles. The number of alkyl halides is 3. The Hall–Kier alpha value is -2.64. The van der Waals surface area contributed by atoms with Crippen molar-refractivity contribution in [1.82, 2.24) is 4.90 Å². The highest BCUT2D eigenvalue weighted by Crippen LogP contribution is 2.52. The van der Waals surface area contributed by atoms with Gasteiger partial charge in [0.15, 0.2) is 0 Å². The zero-order chi connectivity index (χ0) is 18.6. The minimum Gasteiger partial charge on any atom is -0.325 e. The van der Waals surface area contributed by atoms with E-state index in [1.807, 2.05) is 12.2 Å². The molecule has 3 amide bonds. The van der Waals surface area contributed by atoms with Gasteiger partial charge in [-0.05, 0) is 36.5 Å². The first-order chi connectivity index (χ1) is 12.3. The smallest absolute Gasteiger partial charge is 0.325 e. The number of nitrogens with zero attached hydrogens (tertiary/aromatic N) is 1. The van der Waals surface area contributed by atoms with Crippen molar-refractivity contribution < 1.29 is 27.6 Å². The summed E-state index contributed by atoms with van der Waals surface area (Å²) < 4.78 is 38.2. The normalized spacial score (nSPS) is 29.4. The van der Waals surface area contributed by atoms with Crippen LogP contribution < -0.4 is 5.32 Å². The lowest BCUT2D eigenvalue weighted by Gasteiger charge is -2.17. The Kier molecular flexibility index (Phi) is 3.68. The molecule has 1 N–H and O–H groups in total. The van der Waals surface area contributed by atoms with Crippen LogP contribution >= 0.6 is 0 Å². The summed E-state index contributed by atoms with van der Waals surface area (Å²) in [5.41, 5.74) is -0.924. The van der Waals surface area contributed by atoms with Gasteiger partial charge in [0.1, 0.15) is 6.54 Å². The minimum absolute atomic E-state index is 0.0362. The third-order valence-corrected chi connectivity index (χ3v) is 5.34. The third-order valence-electron chi connectivity index (χ3n) is 5.34. The van der Waals surface area contributed by atoms with Crippen molar-refractivity contribution in [2.45, 2.75) is 12.6 Å². The van der Waals surface area contributed by atoms with Gasteiger partial charge in [-0.25, -0.2) is 0 Å². The predicted octanol–water partition coefficient (Wildman–Crippen LogP) is 2.45. The molecule has 0 radical (unpaired) electrons. The van der Waals surface area contributed by atoms with Crippen molar-refractivity contribution in [1.29, 1.82) is 0 Å². The number of benzene rings is 1. The van der Waals surface area contributed by atoms with E-state index in [2.05, 4.69) is 5.32 Å². The number of carbonyl (C=O) groups excluding carboxylic acids is 3. The van der Waals surface area contributed by atoms with E-state index in [1.54, 1.807) is 0 Å². The molecule has 3 aliphatic rings. The summed E-state index contributed by atoms with van der Waals surface area (Å²) in [4.78, 5) is 38.1. The molecular weight excluding hydrogens is 349 g/mol.